The molecule has 0 aliphatic rings. The first-order valence-corrected chi connectivity index (χ1v) is 9.01. The van der Waals surface area contributed by atoms with E-state index in [9.17, 15) is 4.91 Å². The standard InChI is InChI=1S/C17H16Cl2INO3/c1-8(2)11-7-10(5-6-12(11)23-4)24-17-13(18)9(3)16(21-22)14(19)15(17)20/h5-8H,1-4H3. The largest absolute Gasteiger partial charge is 0.496 e. The maximum absolute atomic E-state index is 11.0. The highest BCUT2D eigenvalue weighted by Gasteiger charge is 2.21. The molecule has 2 rings (SSSR count). The van der Waals surface area contributed by atoms with Crippen molar-refractivity contribution in [1.82, 2.24) is 0 Å². The monoisotopic (exact) mass is 479 g/mol. The summed E-state index contributed by atoms with van der Waals surface area (Å²) in [5.74, 6) is 2.09. The number of methoxy groups -OCH3 is 1. The fourth-order valence-electron chi connectivity index (χ4n) is 2.28. The van der Waals surface area contributed by atoms with Crippen LogP contribution in [0.4, 0.5) is 5.69 Å². The van der Waals surface area contributed by atoms with Crippen LogP contribution in [0.15, 0.2) is 23.4 Å². The molecule has 0 radical (unpaired) electrons. The highest BCUT2D eigenvalue weighted by atomic mass is 127. The van der Waals surface area contributed by atoms with Gasteiger partial charge in [-0.1, -0.05) is 37.0 Å². The molecular formula is C17H16Cl2INO3. The van der Waals surface area contributed by atoms with Gasteiger partial charge in [-0.05, 0) is 58.8 Å². The number of hydrogen-bond donors (Lipinski definition) is 0. The smallest absolute Gasteiger partial charge is 0.161 e. The van der Waals surface area contributed by atoms with Crippen molar-refractivity contribution in [3.63, 3.8) is 0 Å². The van der Waals surface area contributed by atoms with E-state index >= 15 is 0 Å². The first kappa shape index (κ1) is 19.3. The van der Waals surface area contributed by atoms with E-state index in [-0.39, 0.29) is 16.6 Å². The van der Waals surface area contributed by atoms with Gasteiger partial charge in [0.1, 0.15) is 17.2 Å². The average molecular weight is 480 g/mol. The molecule has 7 heteroatoms. The third-order valence-corrected chi connectivity index (χ3v) is 5.79. The molecule has 0 aromatic heterocycles. The van der Waals surface area contributed by atoms with Crippen molar-refractivity contribution in [3.05, 3.63) is 47.8 Å². The number of halogens is 3. The van der Waals surface area contributed by atoms with Crippen LogP contribution in [0.1, 0.15) is 30.9 Å². The molecule has 4 nitrogen and oxygen atoms in total. The van der Waals surface area contributed by atoms with Gasteiger partial charge in [0.15, 0.2) is 5.75 Å². The summed E-state index contributed by atoms with van der Waals surface area (Å²) in [6, 6.07) is 5.55. The third-order valence-electron chi connectivity index (χ3n) is 3.62. The topological polar surface area (TPSA) is 47.9 Å². The fraction of sp³-hybridized carbons (Fsp3) is 0.294. The molecule has 0 aliphatic carbocycles. The Bertz CT molecular complexity index is 765. The number of nitrogens with zero attached hydrogens (tertiary/aromatic N) is 1. The van der Waals surface area contributed by atoms with Crippen LogP contribution >= 0.6 is 45.8 Å². The molecule has 2 aromatic rings. The van der Waals surface area contributed by atoms with Crippen molar-refractivity contribution in [1.29, 1.82) is 0 Å². The molecule has 0 saturated heterocycles. The summed E-state index contributed by atoms with van der Waals surface area (Å²) in [4.78, 5) is 11.0. The van der Waals surface area contributed by atoms with Crippen LogP contribution in [-0.2, 0) is 0 Å². The zero-order valence-corrected chi connectivity index (χ0v) is 17.3. The molecule has 24 heavy (non-hydrogen) atoms. The second-order valence-corrected chi connectivity index (χ2v) is 7.33. The van der Waals surface area contributed by atoms with Crippen molar-refractivity contribution in [2.24, 2.45) is 5.18 Å². The van der Waals surface area contributed by atoms with Gasteiger partial charge in [0.25, 0.3) is 0 Å². The first-order chi connectivity index (χ1) is 11.3. The molecule has 0 amide bonds. The van der Waals surface area contributed by atoms with Gasteiger partial charge < -0.3 is 9.47 Å². The lowest BCUT2D eigenvalue weighted by molar-refractivity contribution is 0.405. The van der Waals surface area contributed by atoms with Crippen molar-refractivity contribution in [2.45, 2.75) is 26.7 Å². The lowest BCUT2D eigenvalue weighted by Gasteiger charge is -2.17. The molecule has 0 unspecified atom stereocenters. The lowest BCUT2D eigenvalue weighted by Crippen LogP contribution is -1.97. The van der Waals surface area contributed by atoms with Crippen molar-refractivity contribution in [2.75, 3.05) is 7.11 Å². The molecule has 0 aliphatic heterocycles. The van der Waals surface area contributed by atoms with E-state index in [1.165, 1.54) is 0 Å². The molecule has 2 aromatic carbocycles. The van der Waals surface area contributed by atoms with Gasteiger partial charge in [-0.3, -0.25) is 0 Å². The average Bonchev–Trinajstić information content (AvgIpc) is 2.57. The summed E-state index contributed by atoms with van der Waals surface area (Å²) in [5, 5.41) is 3.51. The van der Waals surface area contributed by atoms with E-state index < -0.39 is 0 Å². The SMILES string of the molecule is COc1ccc(Oc2c(Cl)c(C)c(N=O)c(Cl)c2I)cc1C(C)C. The van der Waals surface area contributed by atoms with Crippen LogP contribution in [0.25, 0.3) is 0 Å². The zero-order valence-electron chi connectivity index (χ0n) is 13.6. The Balaban J connectivity index is 2.53. The maximum Gasteiger partial charge on any atom is 0.161 e. The minimum Gasteiger partial charge on any atom is -0.496 e. The van der Waals surface area contributed by atoms with Gasteiger partial charge in [0, 0.05) is 11.1 Å². The van der Waals surface area contributed by atoms with E-state index in [4.69, 9.17) is 32.7 Å². The molecule has 0 atom stereocenters. The van der Waals surface area contributed by atoms with Crippen molar-refractivity contribution in [3.8, 4) is 17.2 Å². The van der Waals surface area contributed by atoms with Crippen LogP contribution < -0.4 is 9.47 Å². The summed E-state index contributed by atoms with van der Waals surface area (Å²) < 4.78 is 11.9. The van der Waals surface area contributed by atoms with E-state index in [0.29, 0.717) is 25.7 Å². The summed E-state index contributed by atoms with van der Waals surface area (Å²) in [5.41, 5.74) is 1.65. The summed E-state index contributed by atoms with van der Waals surface area (Å²) in [7, 11) is 1.63. The van der Waals surface area contributed by atoms with E-state index in [1.54, 1.807) is 20.1 Å². The molecule has 0 fully saturated rings. The second kappa shape index (κ2) is 7.89. The molecule has 0 bridgehead atoms. The van der Waals surface area contributed by atoms with Crippen molar-refractivity contribution >= 4 is 51.5 Å². The minimum atomic E-state index is 0.135. The number of nitroso groups, excluding NO2 is 1. The zero-order chi connectivity index (χ0) is 18.0. The first-order valence-electron chi connectivity index (χ1n) is 7.18. The Morgan fingerprint density at radius 3 is 2.42 bits per heavy atom. The highest BCUT2D eigenvalue weighted by Crippen LogP contribution is 2.46. The third kappa shape index (κ3) is 3.63. The van der Waals surface area contributed by atoms with E-state index in [0.717, 1.165) is 11.3 Å². The molecule has 0 spiro atoms. The maximum atomic E-state index is 11.0. The lowest BCUT2D eigenvalue weighted by atomic mass is 10.0. The van der Waals surface area contributed by atoms with Crippen molar-refractivity contribution < 1.29 is 9.47 Å². The number of rotatable bonds is 5. The molecular weight excluding hydrogens is 464 g/mol. The summed E-state index contributed by atoms with van der Waals surface area (Å²) in [6.07, 6.45) is 0. The Labute approximate surface area is 164 Å². The van der Waals surface area contributed by atoms with Gasteiger partial charge in [0.05, 0.1) is 20.7 Å². The quantitative estimate of drug-likeness (QED) is 0.258. The predicted octanol–water partition coefficient (Wildman–Crippen LogP) is 7.23. The van der Waals surface area contributed by atoms with E-state index in [1.807, 2.05) is 34.7 Å². The Morgan fingerprint density at radius 2 is 1.88 bits per heavy atom. The predicted molar refractivity (Wildman–Crippen MR) is 107 cm³/mol. The molecule has 0 saturated carbocycles. The Hall–Kier alpha value is -1.05. The highest BCUT2D eigenvalue weighted by molar-refractivity contribution is 14.1. The number of hydrogen-bond acceptors (Lipinski definition) is 4. The van der Waals surface area contributed by atoms with Gasteiger partial charge >= 0.3 is 0 Å². The molecule has 0 N–H and O–H groups in total. The Kier molecular flexibility index (Phi) is 6.33. The van der Waals surface area contributed by atoms with Crippen LogP contribution in [0.5, 0.6) is 17.2 Å². The summed E-state index contributed by atoms with van der Waals surface area (Å²) in [6.45, 7) is 5.83. The van der Waals surface area contributed by atoms with E-state index in [2.05, 4.69) is 19.0 Å². The number of benzene rings is 2. The van der Waals surface area contributed by atoms with Crippen LogP contribution in [0.2, 0.25) is 10.0 Å². The molecule has 0 heterocycles. The van der Waals surface area contributed by atoms with Gasteiger partial charge in [0.2, 0.25) is 0 Å². The minimum absolute atomic E-state index is 0.135. The van der Waals surface area contributed by atoms with Crippen LogP contribution in [0, 0.1) is 15.4 Å². The number of ether oxygens (including phenoxy) is 2. The van der Waals surface area contributed by atoms with Gasteiger partial charge in [-0.2, -0.15) is 0 Å². The van der Waals surface area contributed by atoms with Crippen LogP contribution in [-0.4, -0.2) is 7.11 Å². The van der Waals surface area contributed by atoms with Gasteiger partial charge in [-0.15, -0.1) is 4.91 Å². The Morgan fingerprint density at radius 1 is 1.21 bits per heavy atom. The summed E-state index contributed by atoms with van der Waals surface area (Å²) >= 11 is 14.6. The normalized spacial score (nSPS) is 10.8. The molecule has 128 valence electrons. The second-order valence-electron chi connectivity index (χ2n) is 5.50. The van der Waals surface area contributed by atoms with Crippen LogP contribution in [0.3, 0.4) is 0 Å². The fourth-order valence-corrected chi connectivity index (χ4v) is 3.56. The van der Waals surface area contributed by atoms with Gasteiger partial charge in [-0.25, -0.2) is 0 Å².